The van der Waals surface area contributed by atoms with E-state index in [0.717, 1.165) is 11.3 Å². The van der Waals surface area contributed by atoms with Gasteiger partial charge in [-0.2, -0.15) is 5.10 Å². The van der Waals surface area contributed by atoms with Gasteiger partial charge in [0, 0.05) is 24.7 Å². The van der Waals surface area contributed by atoms with E-state index in [2.05, 4.69) is 20.7 Å². The van der Waals surface area contributed by atoms with Crippen molar-refractivity contribution < 1.29 is 19.1 Å². The Bertz CT molecular complexity index is 1600. The number of carbonyl (C=O) groups excluding carboxylic acids is 3. The highest BCUT2D eigenvalue weighted by Gasteiger charge is 2.29. The molecule has 2 aromatic heterocycles. The van der Waals surface area contributed by atoms with Gasteiger partial charge in [0.2, 0.25) is 17.8 Å². The van der Waals surface area contributed by atoms with Crippen LogP contribution in [0.4, 0.5) is 5.95 Å². The number of aromatic nitrogens is 4. The molecule has 0 unspecified atom stereocenters. The van der Waals surface area contributed by atoms with Crippen molar-refractivity contribution in [1.82, 2.24) is 24.6 Å². The second kappa shape index (κ2) is 11.4. The molecule has 5 rings (SSSR count). The lowest BCUT2D eigenvalue weighted by Crippen LogP contribution is -2.28. The Labute approximate surface area is 231 Å². The summed E-state index contributed by atoms with van der Waals surface area (Å²) < 4.78 is 9.59. The van der Waals surface area contributed by atoms with Crippen LogP contribution in [0.3, 0.4) is 0 Å². The van der Waals surface area contributed by atoms with Gasteiger partial charge in [0.15, 0.2) is 0 Å². The molecule has 0 bridgehead atoms. The SMILES string of the molecule is CCn1nc(C)cc1C(=O)Nc1nc2cc(C(N)=O)cc3c2n1[C@@H](CCCNC(=O)/C=C/c1ccccc1)CO3. The zero-order valence-corrected chi connectivity index (χ0v) is 22.4. The van der Waals surface area contributed by atoms with Gasteiger partial charge >= 0.3 is 0 Å². The van der Waals surface area contributed by atoms with Gasteiger partial charge in [-0.15, -0.1) is 0 Å². The second-order valence-electron chi connectivity index (χ2n) is 9.59. The number of hydrogen-bond acceptors (Lipinski definition) is 6. The monoisotopic (exact) mass is 541 g/mol. The largest absolute Gasteiger partial charge is 0.489 e. The Kier molecular flexibility index (Phi) is 7.63. The predicted molar refractivity (Wildman–Crippen MR) is 151 cm³/mol. The highest BCUT2D eigenvalue weighted by molar-refractivity contribution is 6.04. The number of imidazole rings is 1. The third-order valence-electron chi connectivity index (χ3n) is 6.73. The molecule has 1 atom stereocenters. The van der Waals surface area contributed by atoms with Crippen LogP contribution in [-0.2, 0) is 11.3 Å². The van der Waals surface area contributed by atoms with Crippen molar-refractivity contribution in [3.8, 4) is 5.75 Å². The maximum atomic E-state index is 13.3. The van der Waals surface area contributed by atoms with Gasteiger partial charge in [-0.1, -0.05) is 30.3 Å². The predicted octanol–water partition coefficient (Wildman–Crippen LogP) is 3.46. The number of hydrogen-bond donors (Lipinski definition) is 3. The van der Waals surface area contributed by atoms with Crippen LogP contribution < -0.4 is 21.1 Å². The van der Waals surface area contributed by atoms with Crippen LogP contribution in [-0.4, -0.2) is 50.2 Å². The number of anilines is 1. The maximum absolute atomic E-state index is 13.3. The molecule has 0 radical (unpaired) electrons. The molecule has 1 aliphatic heterocycles. The first-order valence-electron chi connectivity index (χ1n) is 13.2. The van der Waals surface area contributed by atoms with Crippen LogP contribution in [0.1, 0.15) is 57.9 Å². The third-order valence-corrected chi connectivity index (χ3v) is 6.73. The zero-order chi connectivity index (χ0) is 28.2. The average molecular weight is 542 g/mol. The van der Waals surface area contributed by atoms with Crippen LogP contribution in [0.2, 0.25) is 0 Å². The standard InChI is InChI=1S/C29H31N7O4/c1-3-35-23(14-18(2)34-35)28(39)33-29-32-22-15-20(27(30)38)16-24-26(22)36(29)21(17-40-24)10-7-13-31-25(37)12-11-19-8-5-4-6-9-19/h4-6,8-9,11-12,14-16,21H,3,7,10,13,17H2,1-2H3,(H2,30,38)(H,31,37)(H,32,33,39)/b12-11+/t21-/m0/s1. The van der Waals surface area contributed by atoms with E-state index in [-0.39, 0.29) is 23.4 Å². The molecule has 3 heterocycles. The summed E-state index contributed by atoms with van der Waals surface area (Å²) in [5.74, 6) is -0.289. The number of nitrogens with two attached hydrogens (primary N) is 1. The maximum Gasteiger partial charge on any atom is 0.276 e. The number of primary amides is 1. The Morgan fingerprint density at radius 1 is 1.18 bits per heavy atom. The van der Waals surface area contributed by atoms with Crippen molar-refractivity contribution in [3.05, 3.63) is 77.1 Å². The lowest BCUT2D eigenvalue weighted by atomic mass is 10.1. The molecule has 0 saturated carbocycles. The smallest absolute Gasteiger partial charge is 0.276 e. The number of nitrogens with zero attached hydrogens (tertiary/aromatic N) is 4. The van der Waals surface area contributed by atoms with Gasteiger partial charge in [-0.05, 0) is 56.5 Å². The van der Waals surface area contributed by atoms with E-state index in [4.69, 9.17) is 10.5 Å². The van der Waals surface area contributed by atoms with Crippen molar-refractivity contribution in [2.75, 3.05) is 18.5 Å². The molecule has 40 heavy (non-hydrogen) atoms. The van der Waals surface area contributed by atoms with Crippen LogP contribution in [0.25, 0.3) is 17.1 Å². The molecule has 4 N–H and O–H groups in total. The van der Waals surface area contributed by atoms with Gasteiger partial charge in [0.25, 0.3) is 5.91 Å². The molecule has 3 amide bonds. The topological polar surface area (TPSA) is 146 Å². The fraction of sp³-hybridized carbons (Fsp3) is 0.276. The summed E-state index contributed by atoms with van der Waals surface area (Å²) in [6.45, 7) is 5.06. The van der Waals surface area contributed by atoms with E-state index >= 15 is 0 Å². The fourth-order valence-corrected chi connectivity index (χ4v) is 4.84. The van der Waals surface area contributed by atoms with E-state index < -0.39 is 5.91 Å². The number of amides is 3. The fourth-order valence-electron chi connectivity index (χ4n) is 4.84. The molecular weight excluding hydrogens is 510 g/mol. The highest BCUT2D eigenvalue weighted by Crippen LogP contribution is 2.38. The minimum absolute atomic E-state index is 0.165. The number of aryl methyl sites for hydroxylation is 2. The molecule has 11 nitrogen and oxygen atoms in total. The van der Waals surface area contributed by atoms with Gasteiger partial charge in [-0.25, -0.2) is 4.98 Å². The molecule has 4 aromatic rings. The minimum Gasteiger partial charge on any atom is -0.489 e. The number of rotatable bonds is 10. The van der Waals surface area contributed by atoms with Gasteiger partial charge in [0.1, 0.15) is 23.6 Å². The molecule has 11 heteroatoms. The number of carbonyl (C=O) groups is 3. The summed E-state index contributed by atoms with van der Waals surface area (Å²) >= 11 is 0. The van der Waals surface area contributed by atoms with Crippen molar-refractivity contribution in [2.24, 2.45) is 5.73 Å². The molecule has 1 aliphatic rings. The number of benzene rings is 2. The van der Waals surface area contributed by atoms with E-state index in [0.29, 0.717) is 61.0 Å². The Morgan fingerprint density at radius 3 is 2.73 bits per heavy atom. The molecule has 2 aromatic carbocycles. The van der Waals surface area contributed by atoms with E-state index in [9.17, 15) is 14.4 Å². The summed E-state index contributed by atoms with van der Waals surface area (Å²) in [4.78, 5) is 42.1. The van der Waals surface area contributed by atoms with Crippen molar-refractivity contribution in [1.29, 1.82) is 0 Å². The third kappa shape index (κ3) is 5.58. The van der Waals surface area contributed by atoms with Gasteiger partial charge in [-0.3, -0.25) is 24.4 Å². The van der Waals surface area contributed by atoms with Crippen LogP contribution in [0.15, 0.2) is 54.6 Å². The molecule has 0 spiro atoms. The van der Waals surface area contributed by atoms with Crippen LogP contribution >= 0.6 is 0 Å². The average Bonchev–Trinajstić information content (AvgIpc) is 3.52. The van der Waals surface area contributed by atoms with Gasteiger partial charge < -0.3 is 20.4 Å². The molecule has 0 fully saturated rings. The summed E-state index contributed by atoms with van der Waals surface area (Å²) in [5.41, 5.74) is 9.07. The first kappa shape index (κ1) is 26.7. The first-order valence-corrected chi connectivity index (χ1v) is 13.2. The van der Waals surface area contributed by atoms with Crippen molar-refractivity contribution in [3.63, 3.8) is 0 Å². The Hall–Kier alpha value is -4.93. The second-order valence-corrected chi connectivity index (χ2v) is 9.59. The van der Waals surface area contributed by atoms with Crippen molar-refractivity contribution in [2.45, 2.75) is 39.3 Å². The van der Waals surface area contributed by atoms with Crippen LogP contribution in [0, 0.1) is 6.92 Å². The number of nitrogens with one attached hydrogen (secondary N) is 2. The molecule has 206 valence electrons. The summed E-state index contributed by atoms with van der Waals surface area (Å²) in [6, 6.07) is 14.4. The quantitative estimate of drug-likeness (QED) is 0.207. The Balaban J connectivity index is 1.34. The lowest BCUT2D eigenvalue weighted by molar-refractivity contribution is -0.116. The molecular formula is C29H31N7O4. The molecule has 0 aliphatic carbocycles. The zero-order valence-electron chi connectivity index (χ0n) is 22.4. The van der Waals surface area contributed by atoms with E-state index in [1.165, 1.54) is 6.08 Å². The Morgan fingerprint density at radius 2 is 1.98 bits per heavy atom. The summed E-state index contributed by atoms with van der Waals surface area (Å²) in [7, 11) is 0. The first-order chi connectivity index (χ1) is 19.3. The summed E-state index contributed by atoms with van der Waals surface area (Å²) in [6.07, 6.45) is 4.61. The normalized spacial score (nSPS) is 14.3. The van der Waals surface area contributed by atoms with Gasteiger partial charge in [0.05, 0.1) is 17.3 Å². The lowest BCUT2D eigenvalue weighted by Gasteiger charge is -2.27. The van der Waals surface area contributed by atoms with Crippen LogP contribution in [0.5, 0.6) is 5.75 Å². The molecule has 0 saturated heterocycles. The van der Waals surface area contributed by atoms with Crippen molar-refractivity contribution >= 4 is 40.8 Å². The highest BCUT2D eigenvalue weighted by atomic mass is 16.5. The number of ether oxygens (including phenoxy) is 1. The van der Waals surface area contributed by atoms with E-state index in [1.54, 1.807) is 29.0 Å². The van der Waals surface area contributed by atoms with E-state index in [1.807, 2.05) is 48.7 Å². The minimum atomic E-state index is -0.594. The summed E-state index contributed by atoms with van der Waals surface area (Å²) in [5, 5.41) is 10.2.